The van der Waals surface area contributed by atoms with Crippen LogP contribution in [0.2, 0.25) is 0 Å². The number of aliphatic hydroxyl groups is 1. The third-order valence-corrected chi connectivity index (χ3v) is 8.01. The van der Waals surface area contributed by atoms with E-state index in [-0.39, 0.29) is 6.15 Å². The molecule has 7 heteroatoms. The SMILES string of the molecule is CC(C)(O)c1cccnc1-n1c2ccccc2c2ccccc21.Cc1cccnc1-n1c2ccccc2c2ccccc21.O=C=O. The molecule has 4 heterocycles. The van der Waals surface area contributed by atoms with Crippen molar-refractivity contribution in [1.82, 2.24) is 19.1 Å². The second-order valence-corrected chi connectivity index (χ2v) is 11.4. The Bertz CT molecular complexity index is 2250. The predicted molar refractivity (Wildman–Crippen MR) is 182 cm³/mol. The number of para-hydroxylation sites is 4. The van der Waals surface area contributed by atoms with Gasteiger partial charge in [0.15, 0.2) is 0 Å². The summed E-state index contributed by atoms with van der Waals surface area (Å²) < 4.78 is 4.39. The van der Waals surface area contributed by atoms with Crippen molar-refractivity contribution in [2.24, 2.45) is 0 Å². The Morgan fingerprint density at radius 2 is 0.891 bits per heavy atom. The van der Waals surface area contributed by atoms with Gasteiger partial charge >= 0.3 is 6.15 Å². The normalized spacial score (nSPS) is 11.1. The molecular formula is C39H32N4O3. The average molecular weight is 605 g/mol. The lowest BCUT2D eigenvalue weighted by Gasteiger charge is -2.21. The highest BCUT2D eigenvalue weighted by Gasteiger charge is 2.23. The van der Waals surface area contributed by atoms with Crippen LogP contribution in [0, 0.1) is 6.92 Å². The standard InChI is InChI=1S/C20H18N2O.C18H14N2.CO2/c1-20(2,23)16-10-7-13-21-19(16)22-17-11-5-3-8-14(17)15-9-4-6-12-18(15)22;1-13-7-6-12-19-18(13)20-16-10-4-2-8-14(16)15-9-3-5-11-17(15)20;2-1-3/h3-13,23H,1-2H3;2-12H,1H3;. The van der Waals surface area contributed by atoms with Crippen LogP contribution in [-0.2, 0) is 15.2 Å². The maximum absolute atomic E-state index is 10.6. The summed E-state index contributed by atoms with van der Waals surface area (Å²) in [5.74, 6) is 1.78. The van der Waals surface area contributed by atoms with Crippen LogP contribution >= 0.6 is 0 Å². The Morgan fingerprint density at radius 1 is 0.543 bits per heavy atom. The maximum atomic E-state index is 10.6. The molecule has 7 nitrogen and oxygen atoms in total. The van der Waals surface area contributed by atoms with Gasteiger partial charge in [-0.05, 0) is 62.7 Å². The molecule has 0 saturated carbocycles. The Balaban J connectivity index is 0.000000150. The van der Waals surface area contributed by atoms with E-state index in [0.29, 0.717) is 0 Å². The quantitative estimate of drug-likeness (QED) is 0.219. The van der Waals surface area contributed by atoms with Crippen LogP contribution < -0.4 is 0 Å². The molecule has 226 valence electrons. The van der Waals surface area contributed by atoms with Crippen molar-refractivity contribution < 1.29 is 14.7 Å². The van der Waals surface area contributed by atoms with Gasteiger partial charge in [0, 0.05) is 39.5 Å². The summed E-state index contributed by atoms with van der Waals surface area (Å²) in [4.78, 5) is 25.4. The third kappa shape index (κ3) is 5.46. The van der Waals surface area contributed by atoms with Crippen LogP contribution in [0.3, 0.4) is 0 Å². The first-order valence-electron chi connectivity index (χ1n) is 14.9. The van der Waals surface area contributed by atoms with E-state index >= 15 is 0 Å². The van der Waals surface area contributed by atoms with Crippen molar-refractivity contribution in [3.8, 4) is 11.6 Å². The van der Waals surface area contributed by atoms with Crippen LogP contribution in [0.4, 0.5) is 0 Å². The molecule has 0 aliphatic carbocycles. The zero-order valence-electron chi connectivity index (χ0n) is 25.8. The Kier molecular flexibility index (Phi) is 8.27. The van der Waals surface area contributed by atoms with E-state index < -0.39 is 5.60 Å². The van der Waals surface area contributed by atoms with Crippen molar-refractivity contribution >= 4 is 49.8 Å². The second-order valence-electron chi connectivity index (χ2n) is 11.4. The van der Waals surface area contributed by atoms with Crippen molar-refractivity contribution in [2.75, 3.05) is 0 Å². The fourth-order valence-electron chi connectivity index (χ4n) is 6.07. The van der Waals surface area contributed by atoms with E-state index in [1.165, 1.54) is 38.1 Å². The molecule has 0 aliphatic heterocycles. The fourth-order valence-corrected chi connectivity index (χ4v) is 6.07. The molecule has 0 saturated heterocycles. The van der Waals surface area contributed by atoms with Crippen molar-refractivity contribution in [2.45, 2.75) is 26.4 Å². The molecule has 0 aliphatic rings. The molecular weight excluding hydrogens is 572 g/mol. The highest BCUT2D eigenvalue weighted by atomic mass is 16.3. The maximum Gasteiger partial charge on any atom is 0.373 e. The Morgan fingerprint density at radius 3 is 1.28 bits per heavy atom. The van der Waals surface area contributed by atoms with Gasteiger partial charge in [-0.2, -0.15) is 9.59 Å². The number of aromatic nitrogens is 4. The molecule has 0 unspecified atom stereocenters. The number of aryl methyl sites for hydroxylation is 1. The zero-order chi connectivity index (χ0) is 32.3. The van der Waals surface area contributed by atoms with E-state index in [1.807, 2.05) is 36.5 Å². The topological polar surface area (TPSA) is 90.0 Å². The van der Waals surface area contributed by atoms with Gasteiger partial charge in [-0.25, -0.2) is 9.97 Å². The third-order valence-electron chi connectivity index (χ3n) is 8.01. The number of benzene rings is 4. The summed E-state index contributed by atoms with van der Waals surface area (Å²) in [5.41, 5.74) is 5.63. The van der Waals surface area contributed by atoms with Crippen LogP contribution in [0.5, 0.6) is 0 Å². The summed E-state index contributed by atoms with van der Waals surface area (Å²) in [5, 5.41) is 15.5. The minimum Gasteiger partial charge on any atom is -0.386 e. The summed E-state index contributed by atoms with van der Waals surface area (Å²) in [7, 11) is 0. The lowest BCUT2D eigenvalue weighted by molar-refractivity contribution is -0.191. The lowest BCUT2D eigenvalue weighted by atomic mass is 9.99. The Hall–Kier alpha value is -5.88. The fraction of sp³-hybridized carbons (Fsp3) is 0.103. The molecule has 46 heavy (non-hydrogen) atoms. The van der Waals surface area contributed by atoms with E-state index in [0.717, 1.165) is 28.2 Å². The lowest BCUT2D eigenvalue weighted by Crippen LogP contribution is -2.19. The summed E-state index contributed by atoms with van der Waals surface area (Å²) in [6, 6.07) is 41.5. The molecule has 0 amide bonds. The number of hydrogen-bond acceptors (Lipinski definition) is 5. The van der Waals surface area contributed by atoms with Crippen LogP contribution in [-0.4, -0.2) is 30.4 Å². The molecule has 4 aromatic heterocycles. The zero-order valence-corrected chi connectivity index (χ0v) is 25.8. The molecule has 0 radical (unpaired) electrons. The molecule has 4 aromatic carbocycles. The predicted octanol–water partition coefficient (Wildman–Crippen LogP) is 8.31. The number of nitrogens with zero attached hydrogens (tertiary/aromatic N) is 4. The second kappa shape index (κ2) is 12.6. The van der Waals surface area contributed by atoms with E-state index in [2.05, 4.69) is 117 Å². The minimum absolute atomic E-state index is 0.250. The smallest absolute Gasteiger partial charge is 0.373 e. The summed E-state index contributed by atoms with van der Waals surface area (Å²) in [6.45, 7) is 5.69. The first-order valence-corrected chi connectivity index (χ1v) is 14.9. The monoisotopic (exact) mass is 604 g/mol. The van der Waals surface area contributed by atoms with Gasteiger partial charge in [0.1, 0.15) is 11.6 Å². The first-order chi connectivity index (χ1) is 22.3. The minimum atomic E-state index is -0.962. The van der Waals surface area contributed by atoms with E-state index in [9.17, 15) is 5.11 Å². The van der Waals surface area contributed by atoms with E-state index in [1.54, 1.807) is 20.0 Å². The van der Waals surface area contributed by atoms with Crippen molar-refractivity contribution in [1.29, 1.82) is 0 Å². The van der Waals surface area contributed by atoms with Gasteiger partial charge in [0.2, 0.25) is 0 Å². The number of rotatable bonds is 3. The van der Waals surface area contributed by atoms with Crippen molar-refractivity contribution in [3.05, 3.63) is 145 Å². The molecule has 0 fully saturated rings. The largest absolute Gasteiger partial charge is 0.386 e. The van der Waals surface area contributed by atoms with Gasteiger partial charge in [-0.15, -0.1) is 0 Å². The van der Waals surface area contributed by atoms with Gasteiger partial charge in [0.05, 0.1) is 27.7 Å². The number of pyridine rings is 2. The molecule has 0 atom stereocenters. The van der Waals surface area contributed by atoms with Crippen molar-refractivity contribution in [3.63, 3.8) is 0 Å². The summed E-state index contributed by atoms with van der Waals surface area (Å²) in [6.07, 6.45) is 3.88. The Labute approximate surface area is 266 Å². The van der Waals surface area contributed by atoms with E-state index in [4.69, 9.17) is 9.59 Å². The molecule has 0 bridgehead atoms. The van der Waals surface area contributed by atoms with Crippen LogP contribution in [0.15, 0.2) is 134 Å². The van der Waals surface area contributed by atoms with Crippen LogP contribution in [0.1, 0.15) is 25.0 Å². The molecule has 8 rings (SSSR count). The number of fused-ring (bicyclic) bond motifs is 6. The highest BCUT2D eigenvalue weighted by Crippen LogP contribution is 2.35. The first kappa shape index (κ1) is 30.2. The molecule has 1 N–H and O–H groups in total. The molecule has 8 aromatic rings. The number of carbonyl (C=O) groups excluding carboxylic acids is 2. The van der Waals surface area contributed by atoms with Crippen LogP contribution in [0.25, 0.3) is 55.2 Å². The van der Waals surface area contributed by atoms with Gasteiger partial charge < -0.3 is 5.11 Å². The number of hydrogen-bond donors (Lipinski definition) is 1. The van der Waals surface area contributed by atoms with Gasteiger partial charge in [0.25, 0.3) is 0 Å². The summed E-state index contributed by atoms with van der Waals surface area (Å²) >= 11 is 0. The van der Waals surface area contributed by atoms with Gasteiger partial charge in [-0.3, -0.25) is 9.13 Å². The molecule has 0 spiro atoms. The average Bonchev–Trinajstić information content (AvgIpc) is 3.59. The highest BCUT2D eigenvalue weighted by molar-refractivity contribution is 6.10. The van der Waals surface area contributed by atoms with Gasteiger partial charge in [-0.1, -0.05) is 84.9 Å².